The van der Waals surface area contributed by atoms with Crippen LogP contribution in [0.5, 0.6) is 5.88 Å². The van der Waals surface area contributed by atoms with E-state index in [0.717, 1.165) is 57.4 Å². The van der Waals surface area contributed by atoms with E-state index in [4.69, 9.17) is 9.47 Å². The molecule has 0 spiro atoms. The van der Waals surface area contributed by atoms with Gasteiger partial charge in [0, 0.05) is 25.8 Å². The summed E-state index contributed by atoms with van der Waals surface area (Å²) in [5, 5.41) is 3.31. The van der Waals surface area contributed by atoms with Gasteiger partial charge in [-0.3, -0.25) is 0 Å². The summed E-state index contributed by atoms with van der Waals surface area (Å²) in [6, 6.07) is 4.04. The highest BCUT2D eigenvalue weighted by Crippen LogP contribution is 2.27. The number of hydrogen-bond acceptors (Lipinski definition) is 5. The molecule has 1 aromatic rings. The number of hydrogen-bond donors (Lipinski definition) is 1. The summed E-state index contributed by atoms with van der Waals surface area (Å²) in [5.74, 6) is 0.758. The summed E-state index contributed by atoms with van der Waals surface area (Å²) in [6.07, 6.45) is 3.10. The first-order valence-electron chi connectivity index (χ1n) is 6.58. The van der Waals surface area contributed by atoms with E-state index in [1.54, 1.807) is 6.20 Å². The van der Waals surface area contributed by atoms with Crippen LogP contribution in [0.2, 0.25) is 0 Å². The molecule has 5 heteroatoms. The monoisotopic (exact) mass is 249 g/mol. The van der Waals surface area contributed by atoms with E-state index < -0.39 is 0 Å². The van der Waals surface area contributed by atoms with Crippen LogP contribution in [-0.4, -0.2) is 50.5 Å². The molecule has 0 aromatic carbocycles. The molecule has 2 saturated heterocycles. The Kier molecular flexibility index (Phi) is 3.61. The van der Waals surface area contributed by atoms with Gasteiger partial charge >= 0.3 is 0 Å². The van der Waals surface area contributed by atoms with Crippen molar-refractivity contribution in [1.82, 2.24) is 10.3 Å². The van der Waals surface area contributed by atoms with E-state index in [9.17, 15) is 0 Å². The first-order valence-corrected chi connectivity index (χ1v) is 6.58. The molecule has 0 amide bonds. The van der Waals surface area contributed by atoms with Crippen LogP contribution >= 0.6 is 0 Å². The van der Waals surface area contributed by atoms with Crippen molar-refractivity contribution < 1.29 is 9.47 Å². The number of morpholine rings is 1. The number of nitrogens with zero attached hydrogens (tertiary/aromatic N) is 2. The predicted octanol–water partition coefficient (Wildman–Crippen LogP) is 0.659. The molecule has 1 aromatic heterocycles. The van der Waals surface area contributed by atoms with Crippen LogP contribution in [0.25, 0.3) is 0 Å². The minimum atomic E-state index is 0.250. The number of anilines is 1. The zero-order valence-corrected chi connectivity index (χ0v) is 10.5. The highest BCUT2D eigenvalue weighted by molar-refractivity contribution is 5.55. The number of aromatic nitrogens is 1. The summed E-state index contributed by atoms with van der Waals surface area (Å²) >= 11 is 0. The average molecular weight is 249 g/mol. The maximum absolute atomic E-state index is 6.00. The zero-order valence-electron chi connectivity index (χ0n) is 10.5. The number of pyridine rings is 1. The molecule has 0 saturated carbocycles. The minimum absolute atomic E-state index is 0.250. The SMILES string of the molecule is c1cnc(OC2CCNC2)c(N2CCOCC2)c1. The lowest BCUT2D eigenvalue weighted by atomic mass is 10.3. The fourth-order valence-electron chi connectivity index (χ4n) is 2.40. The van der Waals surface area contributed by atoms with Gasteiger partial charge in [-0.1, -0.05) is 0 Å². The van der Waals surface area contributed by atoms with Gasteiger partial charge in [0.1, 0.15) is 11.8 Å². The third-order valence-corrected chi connectivity index (χ3v) is 3.40. The van der Waals surface area contributed by atoms with E-state index in [1.165, 1.54) is 0 Å². The summed E-state index contributed by atoms with van der Waals surface area (Å²) in [6.45, 7) is 5.32. The maximum atomic E-state index is 6.00. The first-order chi connectivity index (χ1) is 8.93. The van der Waals surface area contributed by atoms with Crippen LogP contribution < -0.4 is 15.0 Å². The van der Waals surface area contributed by atoms with Crippen molar-refractivity contribution in [2.45, 2.75) is 12.5 Å². The molecule has 2 fully saturated rings. The van der Waals surface area contributed by atoms with E-state index in [-0.39, 0.29) is 6.10 Å². The number of rotatable bonds is 3. The van der Waals surface area contributed by atoms with Crippen molar-refractivity contribution in [2.75, 3.05) is 44.3 Å². The summed E-state index contributed by atoms with van der Waals surface area (Å²) in [4.78, 5) is 6.67. The quantitative estimate of drug-likeness (QED) is 0.852. The summed E-state index contributed by atoms with van der Waals surface area (Å²) in [7, 11) is 0. The Morgan fingerprint density at radius 3 is 3.06 bits per heavy atom. The molecule has 1 N–H and O–H groups in total. The molecule has 3 rings (SSSR count). The molecule has 1 unspecified atom stereocenters. The third kappa shape index (κ3) is 2.57. The lowest BCUT2D eigenvalue weighted by Crippen LogP contribution is -2.36. The normalized spacial score (nSPS) is 24.2. The number of ether oxygens (including phenoxy) is 2. The molecule has 5 nitrogen and oxygen atoms in total. The molecule has 0 radical (unpaired) electrons. The second-order valence-corrected chi connectivity index (χ2v) is 4.66. The predicted molar refractivity (Wildman–Crippen MR) is 69.2 cm³/mol. The van der Waals surface area contributed by atoms with Crippen LogP contribution in [0.1, 0.15) is 6.42 Å². The second kappa shape index (κ2) is 5.54. The van der Waals surface area contributed by atoms with Gasteiger partial charge < -0.3 is 19.7 Å². The standard InChI is InChI=1S/C13H19N3O2/c1-2-12(16-6-8-17-9-7-16)13(15-4-1)18-11-3-5-14-10-11/h1-2,4,11,14H,3,5-10H2. The topological polar surface area (TPSA) is 46.6 Å². The molecule has 0 bridgehead atoms. The highest BCUT2D eigenvalue weighted by Gasteiger charge is 2.21. The van der Waals surface area contributed by atoms with Crippen LogP contribution in [0.15, 0.2) is 18.3 Å². The van der Waals surface area contributed by atoms with Gasteiger partial charge in [0.25, 0.3) is 0 Å². The first kappa shape index (κ1) is 11.7. The molecule has 2 aliphatic rings. The summed E-state index contributed by atoms with van der Waals surface area (Å²) < 4.78 is 11.4. The molecule has 2 aliphatic heterocycles. The van der Waals surface area contributed by atoms with Crippen molar-refractivity contribution >= 4 is 5.69 Å². The Bertz CT molecular complexity index is 388. The Labute approximate surface area is 107 Å². The van der Waals surface area contributed by atoms with Gasteiger partial charge in [-0.2, -0.15) is 0 Å². The van der Waals surface area contributed by atoms with Crippen molar-refractivity contribution in [3.05, 3.63) is 18.3 Å². The Morgan fingerprint density at radius 1 is 1.39 bits per heavy atom. The Morgan fingerprint density at radius 2 is 2.28 bits per heavy atom. The Balaban J connectivity index is 1.75. The van der Waals surface area contributed by atoms with Crippen molar-refractivity contribution in [3.8, 4) is 5.88 Å². The fraction of sp³-hybridized carbons (Fsp3) is 0.615. The molecule has 18 heavy (non-hydrogen) atoms. The lowest BCUT2D eigenvalue weighted by Gasteiger charge is -2.30. The average Bonchev–Trinajstić information content (AvgIpc) is 2.93. The molecular weight excluding hydrogens is 230 g/mol. The van der Waals surface area contributed by atoms with E-state index >= 15 is 0 Å². The smallest absolute Gasteiger partial charge is 0.237 e. The maximum Gasteiger partial charge on any atom is 0.237 e. The molecular formula is C13H19N3O2. The highest BCUT2D eigenvalue weighted by atomic mass is 16.5. The number of nitrogens with one attached hydrogen (secondary N) is 1. The second-order valence-electron chi connectivity index (χ2n) is 4.66. The van der Waals surface area contributed by atoms with Gasteiger partial charge in [0.2, 0.25) is 5.88 Å². The van der Waals surface area contributed by atoms with Gasteiger partial charge in [-0.05, 0) is 25.1 Å². The van der Waals surface area contributed by atoms with Crippen LogP contribution in [0.4, 0.5) is 5.69 Å². The summed E-state index contributed by atoms with van der Waals surface area (Å²) in [5.41, 5.74) is 1.09. The van der Waals surface area contributed by atoms with Crippen LogP contribution in [0, 0.1) is 0 Å². The molecule has 0 aliphatic carbocycles. The largest absolute Gasteiger partial charge is 0.471 e. The van der Waals surface area contributed by atoms with Crippen LogP contribution in [-0.2, 0) is 4.74 Å². The van der Waals surface area contributed by atoms with Crippen LogP contribution in [0.3, 0.4) is 0 Å². The van der Waals surface area contributed by atoms with E-state index in [1.807, 2.05) is 6.07 Å². The zero-order chi connectivity index (χ0) is 12.2. The van der Waals surface area contributed by atoms with Crippen molar-refractivity contribution in [1.29, 1.82) is 0 Å². The third-order valence-electron chi connectivity index (χ3n) is 3.40. The van der Waals surface area contributed by atoms with E-state index in [2.05, 4.69) is 21.3 Å². The van der Waals surface area contributed by atoms with Crippen molar-refractivity contribution in [2.24, 2.45) is 0 Å². The van der Waals surface area contributed by atoms with Gasteiger partial charge in [0.05, 0.1) is 13.2 Å². The van der Waals surface area contributed by atoms with Gasteiger partial charge in [-0.25, -0.2) is 4.98 Å². The van der Waals surface area contributed by atoms with Gasteiger partial charge in [0.15, 0.2) is 0 Å². The fourth-order valence-corrected chi connectivity index (χ4v) is 2.40. The molecule has 98 valence electrons. The molecule has 3 heterocycles. The Hall–Kier alpha value is -1.33. The lowest BCUT2D eigenvalue weighted by molar-refractivity contribution is 0.122. The minimum Gasteiger partial charge on any atom is -0.471 e. The van der Waals surface area contributed by atoms with E-state index in [0.29, 0.717) is 0 Å². The van der Waals surface area contributed by atoms with Gasteiger partial charge in [-0.15, -0.1) is 0 Å². The molecule has 1 atom stereocenters. The van der Waals surface area contributed by atoms with Crippen molar-refractivity contribution in [3.63, 3.8) is 0 Å².